The molecule has 2 heterocycles. The van der Waals surface area contributed by atoms with E-state index in [4.69, 9.17) is 11.8 Å². The standard InChI is InChI=1S/C9H9BrClN3O/c10-7-2-1-3-8(13-7)14(11)9(15)6-4-5-12-6/h1-3,6,12H,4-5H2/t6-/m0/s1. The molecule has 15 heavy (non-hydrogen) atoms. The molecule has 0 aliphatic carbocycles. The minimum Gasteiger partial charge on any atom is -0.306 e. The summed E-state index contributed by atoms with van der Waals surface area (Å²) in [6.45, 7) is 0.868. The maximum atomic E-state index is 11.7. The summed E-state index contributed by atoms with van der Waals surface area (Å²) in [4.78, 5) is 15.8. The second kappa shape index (κ2) is 4.47. The van der Waals surface area contributed by atoms with Crippen molar-refractivity contribution in [1.82, 2.24) is 10.3 Å². The third-order valence-corrected chi connectivity index (χ3v) is 3.00. The molecule has 0 spiro atoms. The summed E-state index contributed by atoms with van der Waals surface area (Å²) < 4.78 is 1.71. The van der Waals surface area contributed by atoms with Crippen LogP contribution in [0.3, 0.4) is 0 Å². The van der Waals surface area contributed by atoms with Crippen molar-refractivity contribution in [2.75, 3.05) is 11.0 Å². The molecule has 1 saturated heterocycles. The molecule has 6 heteroatoms. The fourth-order valence-corrected chi connectivity index (χ4v) is 1.80. The highest BCUT2D eigenvalue weighted by Crippen LogP contribution is 2.19. The quantitative estimate of drug-likeness (QED) is 0.666. The monoisotopic (exact) mass is 289 g/mol. The van der Waals surface area contributed by atoms with Crippen molar-refractivity contribution in [3.05, 3.63) is 22.8 Å². The van der Waals surface area contributed by atoms with Gasteiger partial charge in [0.15, 0.2) is 5.82 Å². The van der Waals surface area contributed by atoms with Crippen molar-refractivity contribution >= 4 is 39.4 Å². The Hall–Kier alpha value is -0.650. The lowest BCUT2D eigenvalue weighted by Crippen LogP contribution is -2.52. The van der Waals surface area contributed by atoms with Gasteiger partial charge >= 0.3 is 0 Å². The van der Waals surface area contributed by atoms with Gasteiger partial charge in [0, 0.05) is 11.8 Å². The summed E-state index contributed by atoms with van der Waals surface area (Å²) in [5.74, 6) is 0.276. The van der Waals surface area contributed by atoms with E-state index in [0.29, 0.717) is 10.4 Å². The van der Waals surface area contributed by atoms with Crippen molar-refractivity contribution in [1.29, 1.82) is 0 Å². The van der Waals surface area contributed by atoms with Crippen LogP contribution in [-0.2, 0) is 4.79 Å². The molecule has 1 N–H and O–H groups in total. The Morgan fingerprint density at radius 1 is 1.67 bits per heavy atom. The van der Waals surface area contributed by atoms with Gasteiger partial charge in [-0.1, -0.05) is 6.07 Å². The zero-order chi connectivity index (χ0) is 10.8. The molecule has 1 aliphatic rings. The summed E-state index contributed by atoms with van der Waals surface area (Å²) in [5.41, 5.74) is 0. The third-order valence-electron chi connectivity index (χ3n) is 2.22. The molecule has 2 rings (SSSR count). The van der Waals surface area contributed by atoms with Crippen LogP contribution in [0.1, 0.15) is 6.42 Å². The molecular formula is C9H9BrClN3O. The van der Waals surface area contributed by atoms with E-state index in [-0.39, 0.29) is 11.9 Å². The van der Waals surface area contributed by atoms with Crippen molar-refractivity contribution in [2.24, 2.45) is 0 Å². The van der Waals surface area contributed by atoms with Gasteiger partial charge in [-0.25, -0.2) is 9.40 Å². The Morgan fingerprint density at radius 3 is 2.93 bits per heavy atom. The number of amides is 1. The minimum atomic E-state index is -0.164. The summed E-state index contributed by atoms with van der Waals surface area (Å²) in [6.07, 6.45) is 0.829. The lowest BCUT2D eigenvalue weighted by atomic mass is 10.1. The van der Waals surface area contributed by atoms with Crippen molar-refractivity contribution in [3.63, 3.8) is 0 Å². The molecule has 1 amide bonds. The number of hydrogen-bond donors (Lipinski definition) is 1. The molecule has 0 saturated carbocycles. The molecule has 1 aliphatic heterocycles. The number of hydrogen-bond acceptors (Lipinski definition) is 3. The molecule has 4 nitrogen and oxygen atoms in total. The fraction of sp³-hybridized carbons (Fsp3) is 0.333. The van der Waals surface area contributed by atoms with E-state index in [1.807, 2.05) is 0 Å². The Morgan fingerprint density at radius 2 is 2.40 bits per heavy atom. The Kier molecular flexibility index (Phi) is 3.23. The highest BCUT2D eigenvalue weighted by atomic mass is 79.9. The topological polar surface area (TPSA) is 45.2 Å². The normalized spacial score (nSPS) is 19.5. The maximum absolute atomic E-state index is 11.7. The van der Waals surface area contributed by atoms with E-state index in [9.17, 15) is 4.79 Å². The van der Waals surface area contributed by atoms with Crippen molar-refractivity contribution in [2.45, 2.75) is 12.5 Å². The second-order valence-electron chi connectivity index (χ2n) is 3.23. The number of carbonyl (C=O) groups is 1. The smallest absolute Gasteiger partial charge is 0.260 e. The molecule has 1 fully saturated rings. The molecule has 1 atom stereocenters. The number of nitrogens with one attached hydrogen (secondary N) is 1. The van der Waals surface area contributed by atoms with Gasteiger partial charge in [0.2, 0.25) is 0 Å². The predicted molar refractivity (Wildman–Crippen MR) is 61.7 cm³/mol. The van der Waals surface area contributed by atoms with Crippen LogP contribution in [0, 0.1) is 0 Å². The van der Waals surface area contributed by atoms with E-state index >= 15 is 0 Å². The molecule has 0 bridgehead atoms. The number of carbonyl (C=O) groups excluding carboxylic acids is 1. The summed E-state index contributed by atoms with van der Waals surface area (Å²) in [7, 11) is 0. The van der Waals surface area contributed by atoms with Crippen LogP contribution in [-0.4, -0.2) is 23.5 Å². The first kappa shape index (κ1) is 10.9. The van der Waals surface area contributed by atoms with E-state index < -0.39 is 0 Å². The number of rotatable bonds is 2. The second-order valence-corrected chi connectivity index (χ2v) is 4.38. The number of halogens is 2. The van der Waals surface area contributed by atoms with E-state index in [1.165, 1.54) is 0 Å². The molecule has 1 aromatic heterocycles. The fourth-order valence-electron chi connectivity index (χ4n) is 1.26. The number of pyridine rings is 1. The van der Waals surface area contributed by atoms with Crippen LogP contribution in [0.5, 0.6) is 0 Å². The summed E-state index contributed by atoms with van der Waals surface area (Å²) in [5, 5.41) is 3.00. The van der Waals surface area contributed by atoms with E-state index in [2.05, 4.69) is 26.2 Å². The van der Waals surface area contributed by atoms with Gasteiger partial charge < -0.3 is 5.32 Å². The van der Waals surface area contributed by atoms with Crippen LogP contribution in [0.15, 0.2) is 22.8 Å². The van der Waals surface area contributed by atoms with Gasteiger partial charge in [-0.3, -0.25) is 4.79 Å². The largest absolute Gasteiger partial charge is 0.306 e. The maximum Gasteiger partial charge on any atom is 0.260 e. The lowest BCUT2D eigenvalue weighted by molar-refractivity contribution is -0.121. The van der Waals surface area contributed by atoms with Gasteiger partial charge in [0.25, 0.3) is 5.91 Å². The Labute approximate surface area is 101 Å². The summed E-state index contributed by atoms with van der Waals surface area (Å²) in [6, 6.07) is 5.08. The number of aromatic nitrogens is 1. The van der Waals surface area contributed by atoms with Gasteiger partial charge in [-0.2, -0.15) is 0 Å². The highest BCUT2D eigenvalue weighted by molar-refractivity contribution is 9.10. The van der Waals surface area contributed by atoms with Crippen molar-refractivity contribution in [3.8, 4) is 0 Å². The number of nitrogens with zero attached hydrogens (tertiary/aromatic N) is 2. The molecule has 0 aromatic carbocycles. The van der Waals surface area contributed by atoms with E-state index in [0.717, 1.165) is 17.4 Å². The molecule has 0 radical (unpaired) electrons. The van der Waals surface area contributed by atoms with E-state index in [1.54, 1.807) is 18.2 Å². The molecule has 0 unspecified atom stereocenters. The van der Waals surface area contributed by atoms with Crippen LogP contribution >= 0.6 is 27.7 Å². The number of anilines is 1. The summed E-state index contributed by atoms with van der Waals surface area (Å²) >= 11 is 9.12. The van der Waals surface area contributed by atoms with Crippen molar-refractivity contribution < 1.29 is 4.79 Å². The molecule has 1 aromatic rings. The minimum absolute atomic E-state index is 0.159. The first-order chi connectivity index (χ1) is 7.18. The van der Waals surface area contributed by atoms with Crippen LogP contribution in [0.4, 0.5) is 5.82 Å². The molecular weight excluding hydrogens is 281 g/mol. The van der Waals surface area contributed by atoms with Gasteiger partial charge in [-0.05, 0) is 41.0 Å². The lowest BCUT2D eigenvalue weighted by Gasteiger charge is -2.28. The van der Waals surface area contributed by atoms with Gasteiger partial charge in [0.1, 0.15) is 4.60 Å². The zero-order valence-electron chi connectivity index (χ0n) is 7.78. The average Bonchev–Trinajstić information content (AvgIpc) is 2.14. The van der Waals surface area contributed by atoms with Crippen LogP contribution < -0.4 is 9.74 Å². The third kappa shape index (κ3) is 2.30. The zero-order valence-corrected chi connectivity index (χ0v) is 10.1. The Bertz CT molecular complexity index is 383. The Balaban J connectivity index is 2.12. The van der Waals surface area contributed by atoms with Crippen LogP contribution in [0.25, 0.3) is 0 Å². The van der Waals surface area contributed by atoms with Gasteiger partial charge in [-0.15, -0.1) is 0 Å². The first-order valence-electron chi connectivity index (χ1n) is 4.54. The molecule has 80 valence electrons. The predicted octanol–water partition coefficient (Wildman–Crippen LogP) is 1.69. The highest BCUT2D eigenvalue weighted by Gasteiger charge is 2.29. The average molecular weight is 291 g/mol. The first-order valence-corrected chi connectivity index (χ1v) is 5.67. The SMILES string of the molecule is O=C([C@@H]1CCN1)N(Cl)c1cccc(Br)n1. The van der Waals surface area contributed by atoms with Gasteiger partial charge in [0.05, 0.1) is 6.04 Å². The van der Waals surface area contributed by atoms with Crippen LogP contribution in [0.2, 0.25) is 0 Å².